The van der Waals surface area contributed by atoms with Gasteiger partial charge in [-0.05, 0) is 81.2 Å². The van der Waals surface area contributed by atoms with Crippen LogP contribution in [0.5, 0.6) is 11.5 Å². The van der Waals surface area contributed by atoms with Gasteiger partial charge in [-0.1, -0.05) is 12.5 Å². The van der Waals surface area contributed by atoms with Gasteiger partial charge in [0.1, 0.15) is 34.7 Å². The predicted octanol–water partition coefficient (Wildman–Crippen LogP) is 2.95. The predicted molar refractivity (Wildman–Crippen MR) is 186 cm³/mol. The summed E-state index contributed by atoms with van der Waals surface area (Å²) in [5, 5.41) is 11.0. The Hall–Kier alpha value is -3.78. The normalized spacial score (nSPS) is 17.7. The number of ether oxygens (including phenoxy) is 1. The van der Waals surface area contributed by atoms with Crippen molar-refractivity contribution in [3.05, 3.63) is 74.3 Å². The topological polar surface area (TPSA) is 156 Å². The van der Waals surface area contributed by atoms with E-state index in [4.69, 9.17) is 9.84 Å². The molecule has 5 aliphatic rings. The Kier molecular flexibility index (Phi) is 8.52. The van der Waals surface area contributed by atoms with E-state index in [1.54, 1.807) is 0 Å². The molecule has 8 rings (SSSR count). The summed E-state index contributed by atoms with van der Waals surface area (Å²) >= 11 is 0. The molecule has 0 spiro atoms. The molecular weight excluding hydrogens is 679 g/mol. The Labute approximate surface area is 292 Å². The fraction of sp³-hybridized carbons (Fsp3) is 0.459. The van der Waals surface area contributed by atoms with Gasteiger partial charge in [-0.25, -0.2) is 26.1 Å². The van der Waals surface area contributed by atoms with Gasteiger partial charge in [0.25, 0.3) is 0 Å². The first-order chi connectivity index (χ1) is 24.0. The number of unbranched alkanes of at least 4 members (excludes halogenated alkanes) is 2. The molecule has 0 radical (unpaired) electrons. The number of carboxylic acid groups (broad SMARTS) is 1. The van der Waals surface area contributed by atoms with E-state index >= 15 is 0 Å². The van der Waals surface area contributed by atoms with E-state index in [-0.39, 0.29) is 17.9 Å². The smallest absolute Gasteiger partial charge is 0.303 e. The number of rotatable bonds is 10. The Morgan fingerprint density at radius 1 is 0.860 bits per heavy atom. The number of anilines is 1. The van der Waals surface area contributed by atoms with E-state index in [1.807, 2.05) is 0 Å². The molecule has 3 aromatic rings. The maximum Gasteiger partial charge on any atom is 0.303 e. The molecule has 13 heteroatoms. The molecule has 0 bridgehead atoms. The summed E-state index contributed by atoms with van der Waals surface area (Å²) in [6, 6.07) is 7.95. The summed E-state index contributed by atoms with van der Waals surface area (Å²) in [4.78, 5) is 12.5. The van der Waals surface area contributed by atoms with Gasteiger partial charge in [-0.15, -0.1) is 0 Å². The number of carbonyl (C=O) groups is 1. The fourth-order valence-electron chi connectivity index (χ4n) is 8.75. The van der Waals surface area contributed by atoms with Crippen molar-refractivity contribution in [2.24, 2.45) is 0 Å². The van der Waals surface area contributed by atoms with Gasteiger partial charge in [0, 0.05) is 77.6 Å². The SMILES string of the molecule is O=C(O)CCCCCNS(=O)(=O)c1cc(S(=O)(=O)[O-])ccc1C1=c2cc3c4c(c2Oc2c1cc1c5c2CCCN5CCC1)CCC[N+]=4CCC3. The van der Waals surface area contributed by atoms with Crippen LogP contribution in [-0.2, 0) is 50.6 Å². The average Bonchev–Trinajstić information content (AvgIpc) is 3.09. The molecule has 3 aromatic carbocycles. The Morgan fingerprint density at radius 2 is 1.60 bits per heavy atom. The second-order valence-electron chi connectivity index (χ2n) is 14.1. The second-order valence-corrected chi connectivity index (χ2v) is 17.2. The molecule has 0 fully saturated rings. The lowest BCUT2D eigenvalue weighted by Crippen LogP contribution is -2.45. The van der Waals surface area contributed by atoms with Gasteiger partial charge in [-0.3, -0.25) is 4.79 Å². The zero-order valence-electron chi connectivity index (χ0n) is 27.9. The van der Waals surface area contributed by atoms with Crippen LogP contribution in [0.25, 0.3) is 5.57 Å². The Morgan fingerprint density at radius 3 is 2.38 bits per heavy atom. The Bertz CT molecular complexity index is 2300. The van der Waals surface area contributed by atoms with E-state index < -0.39 is 31.0 Å². The molecule has 0 saturated carbocycles. The van der Waals surface area contributed by atoms with E-state index in [9.17, 15) is 26.2 Å². The number of nitrogens with one attached hydrogen (secondary N) is 1. The number of fused-ring (bicyclic) bond motifs is 4. The lowest BCUT2D eigenvalue weighted by atomic mass is 9.82. The van der Waals surface area contributed by atoms with Crippen molar-refractivity contribution >= 4 is 37.4 Å². The minimum Gasteiger partial charge on any atom is -0.744 e. The van der Waals surface area contributed by atoms with E-state index in [0.717, 1.165) is 117 Å². The molecule has 5 heterocycles. The second kappa shape index (κ2) is 12.8. The number of carboxylic acids is 1. The van der Waals surface area contributed by atoms with Crippen LogP contribution in [0.3, 0.4) is 0 Å². The molecule has 0 saturated heterocycles. The summed E-state index contributed by atoms with van der Waals surface area (Å²) in [7, 11) is -9.32. The van der Waals surface area contributed by atoms with Crippen molar-refractivity contribution < 1.29 is 36.0 Å². The number of aliphatic carboxylic acids is 1. The quantitative estimate of drug-likeness (QED) is 0.143. The van der Waals surface area contributed by atoms with Crippen molar-refractivity contribution in [1.82, 2.24) is 9.30 Å². The molecule has 0 amide bonds. The van der Waals surface area contributed by atoms with E-state index in [1.165, 1.54) is 34.3 Å². The van der Waals surface area contributed by atoms with Gasteiger partial charge in [0.15, 0.2) is 0 Å². The maximum atomic E-state index is 14.2. The first kappa shape index (κ1) is 33.4. The molecule has 2 N–H and O–H groups in total. The first-order valence-corrected chi connectivity index (χ1v) is 20.6. The molecule has 264 valence electrons. The van der Waals surface area contributed by atoms with Crippen molar-refractivity contribution in [2.75, 3.05) is 37.6 Å². The summed E-state index contributed by atoms with van der Waals surface area (Å²) in [6.45, 7) is 3.96. The number of hydrogen-bond donors (Lipinski definition) is 2. The molecular formula is C37H41N3O8S2. The minimum absolute atomic E-state index is 0.00753. The third kappa shape index (κ3) is 5.81. The first-order valence-electron chi connectivity index (χ1n) is 17.8. The average molecular weight is 720 g/mol. The standard InChI is InChI=1S/C37H41N3O8S2/c41-32(42)12-2-1-3-15-38-49(43,44)31-22-25(50(45,46)47)13-14-26(31)33-29-20-23-8-4-16-39-18-6-10-27(34(23)39)36(29)48-37-28-11-7-19-40-17-5-9-24(35(28)40)21-30(33)37/h13-14,20-22,38H,1-12,15-19H2,(H-,41,42,45,46,47). The number of sulfonamides is 1. The molecule has 0 atom stereocenters. The zero-order valence-corrected chi connectivity index (χ0v) is 29.6. The van der Waals surface area contributed by atoms with Crippen LogP contribution >= 0.6 is 0 Å². The van der Waals surface area contributed by atoms with Crippen LogP contribution in [0.1, 0.15) is 84.7 Å². The lowest BCUT2D eigenvalue weighted by molar-refractivity contribution is -0.137. The van der Waals surface area contributed by atoms with Gasteiger partial charge in [-0.2, -0.15) is 0 Å². The molecule has 0 aromatic heterocycles. The van der Waals surface area contributed by atoms with E-state index in [2.05, 4.69) is 26.3 Å². The minimum atomic E-state index is -4.98. The molecule has 0 unspecified atom stereocenters. The number of nitrogens with zero attached hydrogens (tertiary/aromatic N) is 2. The zero-order chi connectivity index (χ0) is 34.8. The van der Waals surface area contributed by atoms with Gasteiger partial charge >= 0.3 is 5.97 Å². The number of aryl methyl sites for hydroxylation is 2. The Balaban J connectivity index is 1.38. The summed E-state index contributed by atoms with van der Waals surface area (Å²) < 4.78 is 77.4. The number of hydrogen-bond acceptors (Lipinski definition) is 8. The summed E-state index contributed by atoms with van der Waals surface area (Å²) in [5.41, 5.74) is 7.65. The van der Waals surface area contributed by atoms with Crippen molar-refractivity contribution in [1.29, 1.82) is 0 Å². The molecule has 50 heavy (non-hydrogen) atoms. The van der Waals surface area contributed by atoms with Crippen molar-refractivity contribution in [2.45, 2.75) is 86.8 Å². The molecule has 0 aliphatic carbocycles. The van der Waals surface area contributed by atoms with Crippen LogP contribution in [0.4, 0.5) is 5.69 Å². The van der Waals surface area contributed by atoms with Crippen LogP contribution < -0.4 is 29.5 Å². The van der Waals surface area contributed by atoms with Crippen LogP contribution in [-0.4, -0.2) is 65.2 Å². The third-order valence-electron chi connectivity index (χ3n) is 10.8. The highest BCUT2D eigenvalue weighted by molar-refractivity contribution is 7.89. The van der Waals surface area contributed by atoms with Crippen LogP contribution in [0, 0.1) is 0 Å². The highest BCUT2D eigenvalue weighted by Gasteiger charge is 2.37. The third-order valence-corrected chi connectivity index (χ3v) is 13.2. The molecule has 5 aliphatic heterocycles. The summed E-state index contributed by atoms with van der Waals surface area (Å²) in [5.74, 6) is 0.556. The van der Waals surface area contributed by atoms with Crippen LogP contribution in [0.2, 0.25) is 0 Å². The van der Waals surface area contributed by atoms with Crippen molar-refractivity contribution in [3.8, 4) is 11.5 Å². The van der Waals surface area contributed by atoms with Gasteiger partial charge in [0.05, 0.1) is 15.4 Å². The summed E-state index contributed by atoms with van der Waals surface area (Å²) in [6.07, 6.45) is 8.72. The molecule has 11 nitrogen and oxygen atoms in total. The largest absolute Gasteiger partial charge is 0.744 e. The fourth-order valence-corrected chi connectivity index (χ4v) is 10.6. The monoisotopic (exact) mass is 719 g/mol. The van der Waals surface area contributed by atoms with Gasteiger partial charge < -0.3 is 19.3 Å². The van der Waals surface area contributed by atoms with Crippen LogP contribution in [0.15, 0.2) is 40.1 Å². The number of benzene rings is 3. The van der Waals surface area contributed by atoms with E-state index in [0.29, 0.717) is 30.4 Å². The highest BCUT2D eigenvalue weighted by atomic mass is 32.2. The maximum absolute atomic E-state index is 14.2. The highest BCUT2D eigenvalue weighted by Crippen LogP contribution is 2.49. The lowest BCUT2D eigenvalue weighted by Gasteiger charge is -2.39. The van der Waals surface area contributed by atoms with Gasteiger partial charge in [0.2, 0.25) is 15.4 Å². The van der Waals surface area contributed by atoms with Crippen molar-refractivity contribution in [3.63, 3.8) is 0 Å².